The van der Waals surface area contributed by atoms with Crippen LogP contribution in [-0.2, 0) is 14.2 Å². The van der Waals surface area contributed by atoms with E-state index >= 15 is 0 Å². The number of morpholine rings is 2. The Kier molecular flexibility index (Phi) is 5.79. The van der Waals surface area contributed by atoms with Crippen LogP contribution in [0.4, 0.5) is 5.82 Å². The molecule has 0 aromatic carbocycles. The summed E-state index contributed by atoms with van der Waals surface area (Å²) in [4.78, 5) is 17.9. The highest BCUT2D eigenvalue weighted by molar-refractivity contribution is 5.83. The van der Waals surface area contributed by atoms with E-state index in [4.69, 9.17) is 14.2 Å². The number of hydrogen-bond acceptors (Lipinski definition) is 9. The van der Waals surface area contributed by atoms with E-state index in [1.54, 1.807) is 19.8 Å². The van der Waals surface area contributed by atoms with E-state index in [9.17, 15) is 5.11 Å². The minimum Gasteiger partial charge on any atom is -0.394 e. The minimum absolute atomic E-state index is 0.0272. The molecule has 0 bridgehead atoms. The van der Waals surface area contributed by atoms with Crippen molar-refractivity contribution in [1.82, 2.24) is 24.4 Å². The van der Waals surface area contributed by atoms with Gasteiger partial charge >= 0.3 is 0 Å². The van der Waals surface area contributed by atoms with Gasteiger partial charge in [0.15, 0.2) is 17.0 Å². The van der Waals surface area contributed by atoms with Gasteiger partial charge < -0.3 is 24.2 Å². The topological polar surface area (TPSA) is 98.0 Å². The van der Waals surface area contributed by atoms with Crippen LogP contribution in [0.3, 0.4) is 0 Å². The van der Waals surface area contributed by atoms with E-state index in [0.29, 0.717) is 32.9 Å². The summed E-state index contributed by atoms with van der Waals surface area (Å²) >= 11 is 0. The lowest BCUT2D eigenvalue weighted by molar-refractivity contribution is -0.135. The molecule has 2 aliphatic heterocycles. The van der Waals surface area contributed by atoms with Crippen molar-refractivity contribution >= 4 is 17.0 Å². The number of rotatable bonds is 6. The summed E-state index contributed by atoms with van der Waals surface area (Å²) in [6.07, 6.45) is 2.80. The number of fused-ring (bicyclic) bond motifs is 1. The third-order valence-corrected chi connectivity index (χ3v) is 5.00. The second-order valence-corrected chi connectivity index (χ2v) is 6.77. The molecule has 4 rings (SSSR count). The van der Waals surface area contributed by atoms with Crippen molar-refractivity contribution in [3.63, 3.8) is 0 Å². The van der Waals surface area contributed by atoms with E-state index in [2.05, 4.69) is 24.8 Å². The first-order valence-electron chi connectivity index (χ1n) is 9.28. The minimum atomic E-state index is -0.273. The molecule has 0 saturated carbocycles. The number of methoxy groups -OCH3 is 1. The Hall–Kier alpha value is -1.85. The van der Waals surface area contributed by atoms with Crippen LogP contribution < -0.4 is 4.90 Å². The first-order chi connectivity index (χ1) is 13.3. The van der Waals surface area contributed by atoms with Gasteiger partial charge in [-0.3, -0.25) is 9.47 Å². The quantitative estimate of drug-likeness (QED) is 0.713. The standard InChI is InChI=1S/C17H26N6O4/c1-25-5-2-21-8-13(10-24)27-14(9-21)23-12-20-15-16(18-11-19-17(15)23)22-3-6-26-7-4-22/h11-14,24H,2-10H2,1H3/t13-,14+/m0/s1. The second kappa shape index (κ2) is 8.44. The van der Waals surface area contributed by atoms with Crippen LogP contribution in [0.5, 0.6) is 0 Å². The monoisotopic (exact) mass is 378 g/mol. The third-order valence-electron chi connectivity index (χ3n) is 5.00. The molecule has 0 aliphatic carbocycles. The van der Waals surface area contributed by atoms with Crippen molar-refractivity contribution in [3.8, 4) is 0 Å². The van der Waals surface area contributed by atoms with Crippen LogP contribution in [0.1, 0.15) is 6.23 Å². The molecule has 148 valence electrons. The summed E-state index contributed by atoms with van der Waals surface area (Å²) < 4.78 is 18.6. The predicted molar refractivity (Wildman–Crippen MR) is 97.7 cm³/mol. The number of imidazole rings is 1. The molecule has 0 amide bonds. The van der Waals surface area contributed by atoms with Crippen LogP contribution in [0.25, 0.3) is 11.2 Å². The smallest absolute Gasteiger partial charge is 0.167 e. The summed E-state index contributed by atoms with van der Waals surface area (Å²) in [5.41, 5.74) is 1.50. The maximum Gasteiger partial charge on any atom is 0.167 e. The van der Waals surface area contributed by atoms with Crippen molar-refractivity contribution in [3.05, 3.63) is 12.7 Å². The first kappa shape index (κ1) is 18.5. The van der Waals surface area contributed by atoms with Crippen LogP contribution in [0, 0.1) is 0 Å². The number of aromatic nitrogens is 4. The van der Waals surface area contributed by atoms with E-state index in [1.165, 1.54) is 0 Å². The average Bonchev–Trinajstić information content (AvgIpc) is 3.17. The van der Waals surface area contributed by atoms with Crippen LogP contribution in [0.2, 0.25) is 0 Å². The molecule has 10 nitrogen and oxygen atoms in total. The van der Waals surface area contributed by atoms with Gasteiger partial charge in [0, 0.05) is 39.8 Å². The number of aliphatic hydroxyl groups excluding tert-OH is 1. The SMILES string of the molecule is COCCN1C[C@@H](CO)O[C@@H](n2cnc3c(N4CCOCC4)ncnc32)C1. The molecule has 2 atom stereocenters. The molecule has 0 spiro atoms. The highest BCUT2D eigenvalue weighted by Crippen LogP contribution is 2.27. The van der Waals surface area contributed by atoms with Crippen LogP contribution >= 0.6 is 0 Å². The molecule has 2 fully saturated rings. The maximum absolute atomic E-state index is 9.63. The molecule has 2 aliphatic rings. The lowest BCUT2D eigenvalue weighted by atomic mass is 10.2. The number of hydrogen-bond donors (Lipinski definition) is 1. The number of aliphatic hydroxyl groups is 1. The van der Waals surface area contributed by atoms with Gasteiger partial charge in [-0.15, -0.1) is 0 Å². The molecule has 0 radical (unpaired) electrons. The van der Waals surface area contributed by atoms with Crippen molar-refractivity contribution in [2.45, 2.75) is 12.3 Å². The Balaban J connectivity index is 1.61. The predicted octanol–water partition coefficient (Wildman–Crippen LogP) is -0.499. The molecule has 1 N–H and O–H groups in total. The van der Waals surface area contributed by atoms with Crippen molar-refractivity contribution in [2.75, 3.05) is 71.2 Å². The highest BCUT2D eigenvalue weighted by Gasteiger charge is 2.30. The summed E-state index contributed by atoms with van der Waals surface area (Å²) in [5.74, 6) is 0.827. The van der Waals surface area contributed by atoms with Crippen molar-refractivity contribution < 1.29 is 19.3 Å². The largest absolute Gasteiger partial charge is 0.394 e. The third kappa shape index (κ3) is 3.90. The number of ether oxygens (including phenoxy) is 3. The lowest BCUT2D eigenvalue weighted by Crippen LogP contribution is -2.48. The van der Waals surface area contributed by atoms with E-state index in [0.717, 1.165) is 36.6 Å². The van der Waals surface area contributed by atoms with E-state index in [-0.39, 0.29) is 18.9 Å². The molecule has 10 heteroatoms. The van der Waals surface area contributed by atoms with Crippen LogP contribution in [-0.4, -0.2) is 102 Å². The zero-order valence-electron chi connectivity index (χ0n) is 15.5. The summed E-state index contributed by atoms with van der Waals surface area (Å²) in [6.45, 7) is 5.70. The van der Waals surface area contributed by atoms with Gasteiger partial charge in [-0.25, -0.2) is 15.0 Å². The van der Waals surface area contributed by atoms with Gasteiger partial charge in [-0.05, 0) is 0 Å². The Bertz CT molecular complexity index is 750. The van der Waals surface area contributed by atoms with Gasteiger partial charge in [0.2, 0.25) is 0 Å². The molecular formula is C17H26N6O4. The Labute approximate surface area is 157 Å². The molecule has 2 aromatic rings. The molecule has 2 aromatic heterocycles. The maximum atomic E-state index is 9.63. The molecule has 27 heavy (non-hydrogen) atoms. The summed E-state index contributed by atoms with van der Waals surface area (Å²) in [7, 11) is 1.69. The second-order valence-electron chi connectivity index (χ2n) is 6.77. The van der Waals surface area contributed by atoms with Gasteiger partial charge in [-0.1, -0.05) is 0 Å². The average molecular weight is 378 g/mol. The Morgan fingerprint density at radius 2 is 2.07 bits per heavy atom. The zero-order chi connectivity index (χ0) is 18.6. The zero-order valence-corrected chi connectivity index (χ0v) is 15.5. The number of nitrogens with zero attached hydrogens (tertiary/aromatic N) is 6. The van der Waals surface area contributed by atoms with Gasteiger partial charge in [-0.2, -0.15) is 0 Å². The molecule has 0 unspecified atom stereocenters. The van der Waals surface area contributed by atoms with Crippen LogP contribution in [0.15, 0.2) is 12.7 Å². The number of anilines is 1. The van der Waals surface area contributed by atoms with Crippen molar-refractivity contribution in [1.29, 1.82) is 0 Å². The fourth-order valence-electron chi connectivity index (χ4n) is 3.61. The molecule has 4 heterocycles. The van der Waals surface area contributed by atoms with Gasteiger partial charge in [0.25, 0.3) is 0 Å². The Morgan fingerprint density at radius 1 is 1.22 bits per heavy atom. The lowest BCUT2D eigenvalue weighted by Gasteiger charge is -2.37. The van der Waals surface area contributed by atoms with E-state index < -0.39 is 0 Å². The fourth-order valence-corrected chi connectivity index (χ4v) is 3.61. The molecular weight excluding hydrogens is 352 g/mol. The first-order valence-corrected chi connectivity index (χ1v) is 9.28. The Morgan fingerprint density at radius 3 is 2.85 bits per heavy atom. The summed E-state index contributed by atoms with van der Waals surface area (Å²) in [5, 5.41) is 9.63. The van der Waals surface area contributed by atoms with Gasteiger partial charge in [0.05, 0.1) is 38.9 Å². The van der Waals surface area contributed by atoms with Crippen molar-refractivity contribution in [2.24, 2.45) is 0 Å². The normalized spacial score (nSPS) is 24.6. The summed E-state index contributed by atoms with van der Waals surface area (Å²) in [6, 6.07) is 0. The molecule has 2 saturated heterocycles. The van der Waals surface area contributed by atoms with Gasteiger partial charge in [0.1, 0.15) is 12.6 Å². The highest BCUT2D eigenvalue weighted by atomic mass is 16.5. The van der Waals surface area contributed by atoms with E-state index in [1.807, 2.05) is 4.57 Å². The fraction of sp³-hybridized carbons (Fsp3) is 0.706.